The summed E-state index contributed by atoms with van der Waals surface area (Å²) in [5, 5.41) is 21.8. The second-order valence-corrected chi connectivity index (χ2v) is 16.6. The quantitative estimate of drug-likeness (QED) is 0.264. The van der Waals surface area contributed by atoms with Crippen LogP contribution in [0.4, 0.5) is 4.39 Å². The Morgan fingerprint density at radius 1 is 1.10 bits per heavy atom. The van der Waals surface area contributed by atoms with Crippen molar-refractivity contribution in [2.75, 3.05) is 19.4 Å². The third-order valence-electron chi connectivity index (χ3n) is 9.91. The van der Waals surface area contributed by atoms with Crippen molar-refractivity contribution in [2.45, 2.75) is 50.0 Å². The van der Waals surface area contributed by atoms with E-state index in [4.69, 9.17) is 21.4 Å². The topological polar surface area (TPSA) is 123 Å². The lowest BCUT2D eigenvalue weighted by atomic mass is 9.79. The number of aryl methyl sites for hydroxylation is 2. The molecule has 11 nitrogen and oxygen atoms in total. The summed E-state index contributed by atoms with van der Waals surface area (Å²) in [5.74, 6) is -0.682. The highest BCUT2D eigenvalue weighted by atomic mass is 35.5. The van der Waals surface area contributed by atoms with Gasteiger partial charge in [0.25, 0.3) is 0 Å². The number of nitrogens with zero attached hydrogens (tertiary/aromatic N) is 6. The number of fused-ring (bicyclic) bond motifs is 8. The molecule has 51 heavy (non-hydrogen) atoms. The van der Waals surface area contributed by atoms with Crippen LogP contribution in [0.25, 0.3) is 16.3 Å². The third kappa shape index (κ3) is 6.58. The molecule has 0 fully saturated rings. The average Bonchev–Trinajstić information content (AvgIpc) is 3.65. The molecule has 15 heteroatoms. The first kappa shape index (κ1) is 35.3. The smallest absolute Gasteiger partial charge is 0.352 e. The maximum Gasteiger partial charge on any atom is 0.352 e. The minimum absolute atomic E-state index is 0.00818. The van der Waals surface area contributed by atoms with E-state index in [0.29, 0.717) is 69.6 Å². The number of aliphatic carboxylic acids is 1. The van der Waals surface area contributed by atoms with Gasteiger partial charge in [0.1, 0.15) is 17.3 Å². The van der Waals surface area contributed by atoms with E-state index in [1.54, 1.807) is 28.6 Å². The molecule has 3 aliphatic rings. The zero-order valence-electron chi connectivity index (χ0n) is 28.9. The Hall–Kier alpha value is -4.11. The molecular formula is C36H38ClFN6O5S2. The monoisotopic (exact) mass is 752 g/mol. The van der Waals surface area contributed by atoms with E-state index in [0.717, 1.165) is 21.7 Å². The molecule has 7 rings (SSSR count). The van der Waals surface area contributed by atoms with Crippen molar-refractivity contribution >= 4 is 55.7 Å². The summed E-state index contributed by atoms with van der Waals surface area (Å²) in [4.78, 5) is 15.6. The lowest BCUT2D eigenvalue weighted by Crippen LogP contribution is -2.37. The standard InChI is InChI=1S/C36H38ClFN6O5S2/c1-20-32-30-10-9-28(37)34(32)33-21(2)41(3)40-29(33)18-43(51(5,47)48)17-24-15-25(42(4)39-24)19-50-26-14-22-13-23(38)7-8-27(22)31(16-26)49-12-6-11-44(30)35(20)36(45)46/h7-10,13-16,30,32H,6,11-12,17-19H2,1-5H3,(H,45,46)/t30?,32-/m0/s1. The number of carbonyl (C=O) groups is 1. The normalized spacial score (nSPS) is 20.4. The van der Waals surface area contributed by atoms with Crippen LogP contribution in [-0.4, -0.2) is 73.7 Å². The fourth-order valence-electron chi connectivity index (χ4n) is 7.43. The van der Waals surface area contributed by atoms with E-state index < -0.39 is 21.9 Å². The number of carboxylic acid groups (broad SMARTS) is 1. The minimum atomic E-state index is -3.74. The van der Waals surface area contributed by atoms with Gasteiger partial charge in [0.2, 0.25) is 10.0 Å². The third-order valence-corrected chi connectivity index (χ3v) is 12.4. The number of ether oxygens (including phenoxy) is 1. The molecule has 0 saturated carbocycles. The van der Waals surface area contributed by atoms with Crippen LogP contribution in [0.3, 0.4) is 0 Å². The fourth-order valence-corrected chi connectivity index (χ4v) is 9.42. The number of benzene rings is 2. The van der Waals surface area contributed by atoms with Crippen LogP contribution in [0.5, 0.6) is 5.75 Å². The summed E-state index contributed by atoms with van der Waals surface area (Å²) in [6.45, 7) is 4.37. The molecule has 4 aromatic rings. The molecule has 2 aromatic heterocycles. The van der Waals surface area contributed by atoms with Crippen LogP contribution < -0.4 is 4.74 Å². The van der Waals surface area contributed by atoms with E-state index in [1.807, 2.05) is 50.1 Å². The fraction of sp³-hybridized carbons (Fsp3) is 0.361. The summed E-state index contributed by atoms with van der Waals surface area (Å²) in [5.41, 5.74) is 5.01. The maximum absolute atomic E-state index is 14.4. The second kappa shape index (κ2) is 13.5. The van der Waals surface area contributed by atoms with Crippen LogP contribution in [0.15, 0.2) is 69.7 Å². The second-order valence-electron chi connectivity index (χ2n) is 13.2. The number of hydrogen-bond donors (Lipinski definition) is 1. The van der Waals surface area contributed by atoms with Crippen LogP contribution in [0, 0.1) is 18.7 Å². The summed E-state index contributed by atoms with van der Waals surface area (Å²) >= 11 is 8.54. The Kier molecular flexibility index (Phi) is 9.32. The molecule has 0 spiro atoms. The van der Waals surface area contributed by atoms with Gasteiger partial charge in [-0.05, 0) is 79.3 Å². The van der Waals surface area contributed by atoms with Gasteiger partial charge >= 0.3 is 5.97 Å². The first-order chi connectivity index (χ1) is 24.2. The minimum Gasteiger partial charge on any atom is -0.493 e. The maximum atomic E-state index is 14.4. The lowest BCUT2D eigenvalue weighted by Gasteiger charge is -2.33. The number of carboxylic acids is 1. The number of sulfonamides is 1. The van der Waals surface area contributed by atoms with E-state index in [2.05, 4.69) is 5.10 Å². The van der Waals surface area contributed by atoms with Crippen molar-refractivity contribution in [3.8, 4) is 5.75 Å². The van der Waals surface area contributed by atoms with E-state index in [1.165, 1.54) is 34.5 Å². The summed E-state index contributed by atoms with van der Waals surface area (Å²) in [6, 6.07) is 9.98. The largest absolute Gasteiger partial charge is 0.493 e. The Balaban J connectivity index is 1.35. The van der Waals surface area contributed by atoms with Crippen LogP contribution in [-0.2, 0) is 47.8 Å². The van der Waals surface area contributed by atoms with Gasteiger partial charge in [0.15, 0.2) is 0 Å². The van der Waals surface area contributed by atoms with Crippen molar-refractivity contribution in [3.05, 3.63) is 99.0 Å². The number of thioether (sulfide) groups is 1. The summed E-state index contributed by atoms with van der Waals surface area (Å²) in [7, 11) is -0.127. The molecule has 1 N–H and O–H groups in total. The van der Waals surface area contributed by atoms with Gasteiger partial charge in [-0.15, -0.1) is 11.8 Å². The zero-order valence-corrected chi connectivity index (χ0v) is 31.2. The Labute approximate surface area is 305 Å². The number of rotatable bonds is 2. The number of halogens is 2. The van der Waals surface area contributed by atoms with Crippen molar-refractivity contribution in [2.24, 2.45) is 20.0 Å². The number of allylic oxidation sites excluding steroid dienone is 2. The number of hydrogen-bond acceptors (Lipinski definition) is 8. The van der Waals surface area contributed by atoms with Crippen LogP contribution in [0.1, 0.15) is 41.7 Å². The van der Waals surface area contributed by atoms with Gasteiger partial charge in [-0.2, -0.15) is 14.5 Å². The van der Waals surface area contributed by atoms with Crippen LogP contribution in [0.2, 0.25) is 0 Å². The molecule has 1 unspecified atom stereocenters. The molecule has 0 saturated heterocycles. The van der Waals surface area contributed by atoms with Gasteiger partial charge in [-0.1, -0.05) is 17.7 Å². The van der Waals surface area contributed by atoms with E-state index >= 15 is 0 Å². The number of aromatic nitrogens is 4. The predicted molar refractivity (Wildman–Crippen MR) is 195 cm³/mol. The first-order valence-corrected chi connectivity index (χ1v) is 19.7. The first-order valence-electron chi connectivity index (χ1n) is 16.5. The SMILES string of the molecule is CC1=C(C(=O)O)N2CCCOc3cc(cc4cc(F)ccc34)SCc3cc(nn3C)CN(S(C)(=O)=O)Cc3nn(C)c(C)c3C3=C(Cl)C=CC2[C@H]13. The molecule has 2 aliphatic heterocycles. The highest BCUT2D eigenvalue weighted by Crippen LogP contribution is 2.49. The molecule has 0 amide bonds. The van der Waals surface area contributed by atoms with Crippen LogP contribution >= 0.6 is 23.4 Å². The molecule has 1 aliphatic carbocycles. The zero-order chi connectivity index (χ0) is 36.4. The van der Waals surface area contributed by atoms with Crippen molar-refractivity contribution < 1.29 is 27.4 Å². The van der Waals surface area contributed by atoms with Crippen molar-refractivity contribution in [3.63, 3.8) is 0 Å². The predicted octanol–water partition coefficient (Wildman–Crippen LogP) is 5.97. The lowest BCUT2D eigenvalue weighted by molar-refractivity contribution is -0.134. The van der Waals surface area contributed by atoms with E-state index in [-0.39, 0.29) is 30.6 Å². The average molecular weight is 753 g/mol. The highest BCUT2D eigenvalue weighted by Gasteiger charge is 2.45. The van der Waals surface area contributed by atoms with E-state index in [9.17, 15) is 22.7 Å². The van der Waals surface area contributed by atoms with Gasteiger partial charge < -0.3 is 14.7 Å². The summed E-state index contributed by atoms with van der Waals surface area (Å²) < 4.78 is 52.1. The van der Waals surface area contributed by atoms with Gasteiger partial charge in [0.05, 0.1) is 43.4 Å². The Morgan fingerprint density at radius 2 is 1.88 bits per heavy atom. The molecule has 268 valence electrons. The van der Waals surface area contributed by atoms with Crippen molar-refractivity contribution in [1.29, 1.82) is 0 Å². The Bertz CT molecular complexity index is 2300. The summed E-state index contributed by atoms with van der Waals surface area (Å²) in [6.07, 6.45) is 5.40. The molecule has 8 bridgehead atoms. The van der Waals surface area contributed by atoms with Crippen molar-refractivity contribution in [1.82, 2.24) is 28.8 Å². The van der Waals surface area contributed by atoms with Gasteiger partial charge in [0, 0.05) is 64.6 Å². The molecule has 2 aromatic carbocycles. The van der Waals surface area contributed by atoms with Gasteiger partial charge in [-0.25, -0.2) is 17.6 Å². The molecule has 2 atom stereocenters. The Morgan fingerprint density at radius 3 is 2.63 bits per heavy atom. The molecule has 4 heterocycles. The highest BCUT2D eigenvalue weighted by molar-refractivity contribution is 7.98. The van der Waals surface area contributed by atoms with Gasteiger partial charge in [-0.3, -0.25) is 9.36 Å². The molecular weight excluding hydrogens is 715 g/mol. The molecule has 0 radical (unpaired) electrons.